The van der Waals surface area contributed by atoms with Crippen LogP contribution in [0.15, 0.2) is 0 Å². The largest absolute Gasteiger partial charge is 0.481 e. The van der Waals surface area contributed by atoms with Gasteiger partial charge in [-0.3, -0.25) is 4.79 Å². The lowest BCUT2D eigenvalue weighted by Gasteiger charge is -2.10. The number of hydrogen-bond acceptors (Lipinski definition) is 1. The van der Waals surface area contributed by atoms with Crippen molar-refractivity contribution in [1.82, 2.24) is 0 Å². The highest BCUT2D eigenvalue weighted by Gasteiger charge is 2.03. The minimum Gasteiger partial charge on any atom is -0.481 e. The molecule has 1 atom stereocenters. The average Bonchev–Trinajstić information content (AvgIpc) is 2.29. The number of unbranched alkanes of at least 4 members (excludes halogenated alkanes) is 6. The minimum atomic E-state index is -0.659. The van der Waals surface area contributed by atoms with E-state index in [1.54, 1.807) is 0 Å². The van der Waals surface area contributed by atoms with Gasteiger partial charge in [0.05, 0.1) is 0 Å². The summed E-state index contributed by atoms with van der Waals surface area (Å²) < 4.78 is 0. The van der Waals surface area contributed by atoms with Crippen molar-refractivity contribution in [3.8, 4) is 0 Å². The Hall–Kier alpha value is -0.530. The third kappa shape index (κ3) is 13.4. The third-order valence-electron chi connectivity index (χ3n) is 3.39. The Morgan fingerprint density at radius 3 is 2.06 bits per heavy atom. The van der Waals surface area contributed by atoms with Crippen LogP contribution in [0.3, 0.4) is 0 Å². The summed E-state index contributed by atoms with van der Waals surface area (Å²) in [5.74, 6) is 0.114. The van der Waals surface area contributed by atoms with Crippen LogP contribution >= 0.6 is 0 Å². The van der Waals surface area contributed by atoms with Gasteiger partial charge in [0.15, 0.2) is 0 Å². The Labute approximate surface area is 107 Å². The Kier molecular flexibility index (Phi) is 11.6. The van der Waals surface area contributed by atoms with Gasteiger partial charge in [0.25, 0.3) is 0 Å². The second kappa shape index (κ2) is 11.9. The van der Waals surface area contributed by atoms with Crippen LogP contribution in [0.5, 0.6) is 0 Å². The predicted octanol–water partition coefficient (Wildman–Crippen LogP) is 5.02. The molecule has 17 heavy (non-hydrogen) atoms. The first-order valence-corrected chi connectivity index (χ1v) is 7.38. The molecule has 2 heteroatoms. The summed E-state index contributed by atoms with van der Waals surface area (Å²) in [6.45, 7) is 4.55. The summed E-state index contributed by atoms with van der Waals surface area (Å²) in [5.41, 5.74) is 0. The van der Waals surface area contributed by atoms with E-state index < -0.39 is 5.97 Å². The molecule has 0 aromatic carbocycles. The molecule has 0 aromatic rings. The molecule has 2 nitrogen and oxygen atoms in total. The van der Waals surface area contributed by atoms with Crippen LogP contribution in [0.2, 0.25) is 0 Å². The van der Waals surface area contributed by atoms with E-state index in [0.717, 1.165) is 18.8 Å². The Balaban J connectivity index is 3.17. The first kappa shape index (κ1) is 16.5. The van der Waals surface area contributed by atoms with Crippen molar-refractivity contribution in [2.24, 2.45) is 5.92 Å². The fourth-order valence-corrected chi connectivity index (χ4v) is 2.19. The molecular weight excluding hydrogens is 212 g/mol. The highest BCUT2D eigenvalue weighted by Crippen LogP contribution is 2.17. The predicted molar refractivity (Wildman–Crippen MR) is 73.3 cm³/mol. The molecule has 0 heterocycles. The topological polar surface area (TPSA) is 37.3 Å². The highest BCUT2D eigenvalue weighted by molar-refractivity contribution is 5.66. The molecular formula is C15H30O2. The quantitative estimate of drug-likeness (QED) is 0.488. The average molecular weight is 242 g/mol. The van der Waals surface area contributed by atoms with Crippen LogP contribution in [-0.4, -0.2) is 11.1 Å². The fourth-order valence-electron chi connectivity index (χ4n) is 2.19. The van der Waals surface area contributed by atoms with Gasteiger partial charge in [0.1, 0.15) is 0 Å². The van der Waals surface area contributed by atoms with Crippen molar-refractivity contribution in [2.75, 3.05) is 0 Å². The lowest BCUT2D eigenvalue weighted by atomic mass is 9.96. The van der Waals surface area contributed by atoms with E-state index in [1.807, 2.05) is 0 Å². The summed E-state index contributed by atoms with van der Waals surface area (Å²) >= 11 is 0. The molecule has 0 amide bonds. The van der Waals surface area contributed by atoms with Crippen molar-refractivity contribution in [3.05, 3.63) is 0 Å². The van der Waals surface area contributed by atoms with Crippen LogP contribution < -0.4 is 0 Å². The summed E-state index contributed by atoms with van der Waals surface area (Å²) in [5, 5.41) is 8.52. The van der Waals surface area contributed by atoms with Gasteiger partial charge in [0.2, 0.25) is 0 Å². The Morgan fingerprint density at radius 1 is 0.941 bits per heavy atom. The molecule has 0 saturated carbocycles. The SMILES string of the molecule is CCCCCCCC[C@H](C)CCCCC(=O)O. The molecule has 0 aromatic heterocycles. The van der Waals surface area contributed by atoms with Crippen molar-refractivity contribution < 1.29 is 9.90 Å². The van der Waals surface area contributed by atoms with Gasteiger partial charge in [-0.25, -0.2) is 0 Å². The molecule has 0 unspecified atom stereocenters. The van der Waals surface area contributed by atoms with Crippen molar-refractivity contribution >= 4 is 5.97 Å². The van der Waals surface area contributed by atoms with Crippen LogP contribution in [0, 0.1) is 5.92 Å². The molecule has 0 fully saturated rings. The fraction of sp³-hybridized carbons (Fsp3) is 0.933. The summed E-state index contributed by atoms with van der Waals surface area (Å²) in [6.07, 6.45) is 13.0. The number of hydrogen-bond donors (Lipinski definition) is 1. The second-order valence-electron chi connectivity index (χ2n) is 5.30. The second-order valence-corrected chi connectivity index (χ2v) is 5.30. The standard InChI is InChI=1S/C15H30O2/c1-3-4-5-6-7-8-11-14(2)12-9-10-13-15(16)17/h14H,3-13H2,1-2H3,(H,16,17)/t14-/m0/s1. The third-order valence-corrected chi connectivity index (χ3v) is 3.39. The Bertz CT molecular complexity index is 178. The molecule has 1 N–H and O–H groups in total. The van der Waals surface area contributed by atoms with Crippen LogP contribution in [0.1, 0.15) is 84.5 Å². The van der Waals surface area contributed by atoms with Crippen LogP contribution in [0.4, 0.5) is 0 Å². The van der Waals surface area contributed by atoms with Gasteiger partial charge in [-0.2, -0.15) is 0 Å². The molecule has 0 saturated heterocycles. The number of carboxylic acids is 1. The maximum atomic E-state index is 10.3. The molecule has 0 spiro atoms. The van der Waals surface area contributed by atoms with E-state index in [9.17, 15) is 4.79 Å². The smallest absolute Gasteiger partial charge is 0.303 e. The van der Waals surface area contributed by atoms with Gasteiger partial charge >= 0.3 is 5.97 Å². The molecule has 102 valence electrons. The molecule has 0 aliphatic heterocycles. The van der Waals surface area contributed by atoms with Gasteiger partial charge in [-0.05, 0) is 12.3 Å². The number of aliphatic carboxylic acids is 1. The van der Waals surface area contributed by atoms with E-state index in [-0.39, 0.29) is 0 Å². The van der Waals surface area contributed by atoms with E-state index in [0.29, 0.717) is 6.42 Å². The van der Waals surface area contributed by atoms with E-state index in [1.165, 1.54) is 51.4 Å². The first-order chi connectivity index (χ1) is 8.16. The van der Waals surface area contributed by atoms with Crippen molar-refractivity contribution in [2.45, 2.75) is 84.5 Å². The first-order valence-electron chi connectivity index (χ1n) is 7.38. The normalized spacial score (nSPS) is 12.6. The van der Waals surface area contributed by atoms with Crippen molar-refractivity contribution in [3.63, 3.8) is 0 Å². The number of carbonyl (C=O) groups is 1. The number of rotatable bonds is 12. The molecule has 0 radical (unpaired) electrons. The van der Waals surface area contributed by atoms with E-state index in [2.05, 4.69) is 13.8 Å². The maximum Gasteiger partial charge on any atom is 0.303 e. The zero-order valence-corrected chi connectivity index (χ0v) is 11.7. The van der Waals surface area contributed by atoms with Gasteiger partial charge in [0, 0.05) is 6.42 Å². The van der Waals surface area contributed by atoms with E-state index >= 15 is 0 Å². The molecule has 0 rings (SSSR count). The van der Waals surface area contributed by atoms with Crippen LogP contribution in [0.25, 0.3) is 0 Å². The Morgan fingerprint density at radius 2 is 1.47 bits per heavy atom. The monoisotopic (exact) mass is 242 g/mol. The van der Waals surface area contributed by atoms with Gasteiger partial charge < -0.3 is 5.11 Å². The van der Waals surface area contributed by atoms with Gasteiger partial charge in [-0.15, -0.1) is 0 Å². The highest BCUT2D eigenvalue weighted by atomic mass is 16.4. The summed E-state index contributed by atoms with van der Waals surface area (Å²) in [7, 11) is 0. The summed E-state index contributed by atoms with van der Waals surface area (Å²) in [4.78, 5) is 10.3. The van der Waals surface area contributed by atoms with E-state index in [4.69, 9.17) is 5.11 Å². The van der Waals surface area contributed by atoms with Crippen molar-refractivity contribution in [1.29, 1.82) is 0 Å². The number of carboxylic acid groups (broad SMARTS) is 1. The zero-order valence-electron chi connectivity index (χ0n) is 11.7. The minimum absolute atomic E-state index is 0.337. The van der Waals surface area contributed by atoms with Gasteiger partial charge in [-0.1, -0.05) is 71.6 Å². The zero-order chi connectivity index (χ0) is 12.9. The molecule has 0 aliphatic carbocycles. The molecule has 0 aliphatic rings. The lowest BCUT2D eigenvalue weighted by molar-refractivity contribution is -0.137. The molecule has 0 bridgehead atoms. The lowest BCUT2D eigenvalue weighted by Crippen LogP contribution is -1.98. The maximum absolute atomic E-state index is 10.3. The van der Waals surface area contributed by atoms with Crippen LogP contribution in [-0.2, 0) is 4.79 Å². The summed E-state index contributed by atoms with van der Waals surface area (Å²) in [6, 6.07) is 0.